The number of pyridine rings is 1. The molecule has 2 aromatic heterocycles. The first kappa shape index (κ1) is 13.0. The molecule has 1 aliphatic carbocycles. The van der Waals surface area contributed by atoms with Crippen molar-refractivity contribution in [3.8, 4) is 5.88 Å². The first-order valence-electron chi connectivity index (χ1n) is 6.82. The van der Waals surface area contributed by atoms with Gasteiger partial charge >= 0.3 is 0 Å². The van der Waals surface area contributed by atoms with Crippen molar-refractivity contribution in [3.63, 3.8) is 0 Å². The fourth-order valence-corrected chi connectivity index (χ4v) is 2.93. The molecule has 3 rings (SSSR count). The molecule has 2 heterocycles. The van der Waals surface area contributed by atoms with E-state index in [2.05, 4.69) is 26.6 Å². The molecule has 0 saturated carbocycles. The first-order chi connectivity index (χ1) is 9.83. The van der Waals surface area contributed by atoms with Crippen LogP contribution in [0.3, 0.4) is 0 Å². The molecule has 0 spiro atoms. The molecule has 0 aromatic carbocycles. The quantitative estimate of drug-likeness (QED) is 0.919. The van der Waals surface area contributed by atoms with Crippen LogP contribution in [0.5, 0.6) is 5.88 Å². The Hall–Kier alpha value is -2.01. The van der Waals surface area contributed by atoms with Crippen molar-refractivity contribution in [1.29, 1.82) is 0 Å². The minimum Gasteiger partial charge on any atom is -0.480 e. The van der Waals surface area contributed by atoms with Gasteiger partial charge in [-0.3, -0.25) is 4.98 Å². The molecule has 0 bridgehead atoms. The molecule has 5 nitrogen and oxygen atoms in total. The van der Waals surface area contributed by atoms with Gasteiger partial charge in [0.25, 0.3) is 0 Å². The molecule has 2 atom stereocenters. The smallest absolute Gasteiger partial charge is 0.233 e. The van der Waals surface area contributed by atoms with Gasteiger partial charge in [0, 0.05) is 23.9 Å². The van der Waals surface area contributed by atoms with Crippen LogP contribution in [0.25, 0.3) is 0 Å². The van der Waals surface area contributed by atoms with E-state index in [1.165, 1.54) is 11.3 Å². The maximum absolute atomic E-state index is 5.06. The van der Waals surface area contributed by atoms with Gasteiger partial charge in [0.05, 0.1) is 18.8 Å². The third kappa shape index (κ3) is 2.25. The Morgan fingerprint density at radius 3 is 2.90 bits per heavy atom. The zero-order valence-electron chi connectivity index (χ0n) is 11.7. The Morgan fingerprint density at radius 1 is 1.30 bits per heavy atom. The van der Waals surface area contributed by atoms with Crippen molar-refractivity contribution >= 4 is 0 Å². The summed E-state index contributed by atoms with van der Waals surface area (Å²) in [5, 5.41) is 11.7. The number of rotatable bonds is 4. The Bertz CT molecular complexity index is 585. The van der Waals surface area contributed by atoms with Crippen molar-refractivity contribution in [2.24, 2.45) is 0 Å². The zero-order chi connectivity index (χ0) is 13.9. The second-order valence-corrected chi connectivity index (χ2v) is 4.96. The van der Waals surface area contributed by atoms with Gasteiger partial charge < -0.3 is 10.1 Å². The molecule has 2 aromatic rings. The van der Waals surface area contributed by atoms with Crippen LogP contribution in [-0.2, 0) is 6.42 Å². The third-order valence-electron chi connectivity index (χ3n) is 3.90. The van der Waals surface area contributed by atoms with Crippen molar-refractivity contribution in [3.05, 3.63) is 47.4 Å². The van der Waals surface area contributed by atoms with E-state index in [1.54, 1.807) is 7.11 Å². The van der Waals surface area contributed by atoms with Gasteiger partial charge in [-0.05, 0) is 37.6 Å². The van der Waals surface area contributed by atoms with E-state index in [-0.39, 0.29) is 6.04 Å². The number of methoxy groups -OCH3 is 1. The van der Waals surface area contributed by atoms with E-state index in [0.29, 0.717) is 11.8 Å². The van der Waals surface area contributed by atoms with E-state index in [9.17, 15) is 0 Å². The normalized spacial score (nSPS) is 18.6. The van der Waals surface area contributed by atoms with Crippen LogP contribution < -0.4 is 10.1 Å². The van der Waals surface area contributed by atoms with Gasteiger partial charge in [-0.2, -0.15) is 5.10 Å². The highest BCUT2D eigenvalue weighted by Gasteiger charge is 2.32. The lowest BCUT2D eigenvalue weighted by atomic mass is 9.94. The average Bonchev–Trinajstić information content (AvgIpc) is 2.93. The number of nitrogens with zero attached hydrogens (tertiary/aromatic N) is 3. The van der Waals surface area contributed by atoms with Crippen LogP contribution in [-0.4, -0.2) is 29.3 Å². The molecule has 104 valence electrons. The number of nitrogens with one attached hydrogen (secondary N) is 1. The van der Waals surface area contributed by atoms with Crippen molar-refractivity contribution in [1.82, 2.24) is 20.5 Å². The summed E-state index contributed by atoms with van der Waals surface area (Å²) in [6.45, 7) is 0. The molecule has 2 unspecified atom stereocenters. The molecule has 0 amide bonds. The van der Waals surface area contributed by atoms with E-state index >= 15 is 0 Å². The minimum absolute atomic E-state index is 0.129. The summed E-state index contributed by atoms with van der Waals surface area (Å²) in [5.41, 5.74) is 3.46. The highest BCUT2D eigenvalue weighted by Crippen LogP contribution is 2.39. The Kier molecular flexibility index (Phi) is 3.60. The second kappa shape index (κ2) is 5.54. The van der Waals surface area contributed by atoms with Crippen LogP contribution in [0.15, 0.2) is 30.5 Å². The highest BCUT2D eigenvalue weighted by atomic mass is 16.5. The number of ether oxygens (including phenoxy) is 1. The maximum Gasteiger partial charge on any atom is 0.233 e. The van der Waals surface area contributed by atoms with Gasteiger partial charge in [-0.1, -0.05) is 6.07 Å². The Balaban J connectivity index is 1.90. The van der Waals surface area contributed by atoms with Crippen molar-refractivity contribution in [2.45, 2.75) is 24.8 Å². The number of hydrogen-bond acceptors (Lipinski definition) is 5. The van der Waals surface area contributed by atoms with Gasteiger partial charge in [0.2, 0.25) is 5.88 Å². The monoisotopic (exact) mass is 270 g/mol. The summed E-state index contributed by atoms with van der Waals surface area (Å²) in [4.78, 5) is 4.56. The second-order valence-electron chi connectivity index (χ2n) is 4.96. The SMILES string of the molecule is CNC(c1ccc(OC)nn1)C1CCc2cccnc21. The van der Waals surface area contributed by atoms with Gasteiger partial charge in [-0.25, -0.2) is 0 Å². The molecular weight excluding hydrogens is 252 g/mol. The summed E-state index contributed by atoms with van der Waals surface area (Å²) in [7, 11) is 3.55. The predicted octanol–water partition coefficient (Wildman–Crippen LogP) is 1.87. The van der Waals surface area contributed by atoms with E-state index < -0.39 is 0 Å². The van der Waals surface area contributed by atoms with Crippen LogP contribution in [0.2, 0.25) is 0 Å². The van der Waals surface area contributed by atoms with Crippen LogP contribution in [0.1, 0.15) is 35.3 Å². The standard InChI is InChI=1S/C15H18N4O/c1-16-15(12-7-8-13(20-2)19-18-12)11-6-5-10-4-3-9-17-14(10)11/h3-4,7-9,11,15-16H,5-6H2,1-2H3. The molecule has 0 saturated heterocycles. The fourth-order valence-electron chi connectivity index (χ4n) is 2.93. The van der Waals surface area contributed by atoms with Crippen molar-refractivity contribution in [2.75, 3.05) is 14.2 Å². The lowest BCUT2D eigenvalue weighted by molar-refractivity contribution is 0.386. The molecule has 20 heavy (non-hydrogen) atoms. The molecule has 0 radical (unpaired) electrons. The summed E-state index contributed by atoms with van der Waals surface area (Å²) in [5.74, 6) is 0.882. The van der Waals surface area contributed by atoms with Gasteiger partial charge in [0.1, 0.15) is 0 Å². The molecular formula is C15H18N4O. The average molecular weight is 270 g/mol. The maximum atomic E-state index is 5.06. The third-order valence-corrected chi connectivity index (χ3v) is 3.90. The zero-order valence-corrected chi connectivity index (χ0v) is 11.7. The van der Waals surface area contributed by atoms with Crippen LogP contribution >= 0.6 is 0 Å². The highest BCUT2D eigenvalue weighted by molar-refractivity contribution is 5.32. The number of fused-ring (bicyclic) bond motifs is 1. The first-order valence-corrected chi connectivity index (χ1v) is 6.82. The topological polar surface area (TPSA) is 59.9 Å². The summed E-state index contributed by atoms with van der Waals surface area (Å²) in [6, 6.07) is 8.11. The summed E-state index contributed by atoms with van der Waals surface area (Å²) >= 11 is 0. The lowest BCUT2D eigenvalue weighted by Crippen LogP contribution is -2.24. The van der Waals surface area contributed by atoms with E-state index in [1.807, 2.05) is 31.4 Å². The van der Waals surface area contributed by atoms with E-state index in [0.717, 1.165) is 18.5 Å². The van der Waals surface area contributed by atoms with Crippen molar-refractivity contribution < 1.29 is 4.74 Å². The number of hydrogen-bond donors (Lipinski definition) is 1. The van der Waals surface area contributed by atoms with E-state index in [4.69, 9.17) is 4.74 Å². The molecule has 1 aliphatic rings. The predicted molar refractivity (Wildman–Crippen MR) is 75.7 cm³/mol. The summed E-state index contributed by atoms with van der Waals surface area (Å²) < 4.78 is 5.06. The number of likely N-dealkylation sites (N-methyl/N-ethyl adjacent to an activating group) is 1. The lowest BCUT2D eigenvalue weighted by Gasteiger charge is -2.22. The summed E-state index contributed by atoms with van der Waals surface area (Å²) in [6.07, 6.45) is 4.03. The number of aryl methyl sites for hydroxylation is 1. The Morgan fingerprint density at radius 2 is 2.20 bits per heavy atom. The molecule has 0 fully saturated rings. The number of aromatic nitrogens is 3. The minimum atomic E-state index is 0.129. The van der Waals surface area contributed by atoms with Crippen LogP contribution in [0, 0.1) is 0 Å². The fraction of sp³-hybridized carbons (Fsp3) is 0.400. The molecule has 5 heteroatoms. The molecule has 1 N–H and O–H groups in total. The Labute approximate surface area is 118 Å². The largest absolute Gasteiger partial charge is 0.480 e. The van der Waals surface area contributed by atoms with Crippen LogP contribution in [0.4, 0.5) is 0 Å². The van der Waals surface area contributed by atoms with Gasteiger partial charge in [0.15, 0.2) is 0 Å². The molecule has 0 aliphatic heterocycles. The van der Waals surface area contributed by atoms with Gasteiger partial charge in [-0.15, -0.1) is 5.10 Å².